The van der Waals surface area contributed by atoms with Gasteiger partial charge < -0.3 is 20.4 Å². The second-order valence-corrected chi connectivity index (χ2v) is 5.55. The molecule has 1 aromatic carbocycles. The van der Waals surface area contributed by atoms with Gasteiger partial charge in [-0.15, -0.1) is 0 Å². The van der Waals surface area contributed by atoms with Crippen molar-refractivity contribution in [1.29, 1.82) is 0 Å². The van der Waals surface area contributed by atoms with E-state index >= 15 is 0 Å². The number of ether oxygens (including phenoxy) is 1. The molecular weight excluding hydrogens is 334 g/mol. The Bertz CT molecular complexity index is 989. The summed E-state index contributed by atoms with van der Waals surface area (Å²) in [4.78, 5) is 24.1. The summed E-state index contributed by atoms with van der Waals surface area (Å²) < 4.78 is 8.10. The predicted octanol–water partition coefficient (Wildman–Crippen LogP) is 1.90. The molecule has 3 rings (SSSR count). The van der Waals surface area contributed by atoms with E-state index < -0.39 is 5.91 Å². The number of methoxy groups -OCH3 is 1. The molecule has 0 fully saturated rings. The SMILES string of the molecule is CCn1cc(NC(=O)c2cnn(-c3ccc(OC)cc3)c2N)ccc1=O. The van der Waals surface area contributed by atoms with Crippen LogP contribution in [0.1, 0.15) is 17.3 Å². The van der Waals surface area contributed by atoms with Gasteiger partial charge in [-0.05, 0) is 37.3 Å². The first-order chi connectivity index (χ1) is 12.5. The van der Waals surface area contributed by atoms with Gasteiger partial charge in [-0.1, -0.05) is 0 Å². The van der Waals surface area contributed by atoms with Gasteiger partial charge in [0.2, 0.25) is 0 Å². The number of nitrogens with one attached hydrogen (secondary N) is 1. The third-order valence-electron chi connectivity index (χ3n) is 3.95. The lowest BCUT2D eigenvalue weighted by atomic mass is 10.2. The number of carbonyl (C=O) groups excluding carboxylic acids is 1. The summed E-state index contributed by atoms with van der Waals surface area (Å²) in [6.07, 6.45) is 3.00. The van der Waals surface area contributed by atoms with Gasteiger partial charge in [0.05, 0.1) is 24.7 Å². The second kappa shape index (κ2) is 7.14. The third kappa shape index (κ3) is 3.30. The Labute approximate surface area is 149 Å². The van der Waals surface area contributed by atoms with Crippen LogP contribution >= 0.6 is 0 Å². The van der Waals surface area contributed by atoms with E-state index in [1.165, 1.54) is 21.5 Å². The number of hydrogen-bond donors (Lipinski definition) is 2. The van der Waals surface area contributed by atoms with E-state index in [4.69, 9.17) is 10.5 Å². The van der Waals surface area contributed by atoms with E-state index in [0.717, 1.165) is 0 Å². The molecular formula is C18H19N5O3. The Balaban J connectivity index is 1.84. The number of nitrogens with two attached hydrogens (primary N) is 1. The first-order valence-electron chi connectivity index (χ1n) is 8.03. The van der Waals surface area contributed by atoms with Crippen molar-refractivity contribution in [3.8, 4) is 11.4 Å². The van der Waals surface area contributed by atoms with Crippen molar-refractivity contribution in [2.45, 2.75) is 13.5 Å². The standard InChI is InChI=1S/C18H19N5O3/c1-3-22-11-12(4-9-16(22)24)21-18(25)15-10-20-23(17(15)19)13-5-7-14(26-2)8-6-13/h4-11H,3,19H2,1-2H3,(H,21,25). The summed E-state index contributed by atoms with van der Waals surface area (Å²) in [5.74, 6) is 0.531. The molecule has 3 N–H and O–H groups in total. The Morgan fingerprint density at radius 3 is 2.62 bits per heavy atom. The fourth-order valence-electron chi connectivity index (χ4n) is 2.51. The minimum atomic E-state index is -0.399. The van der Waals surface area contributed by atoms with Crippen molar-refractivity contribution in [3.05, 3.63) is 64.7 Å². The molecule has 8 heteroatoms. The molecule has 134 valence electrons. The second-order valence-electron chi connectivity index (χ2n) is 5.55. The highest BCUT2D eigenvalue weighted by molar-refractivity contribution is 6.07. The summed E-state index contributed by atoms with van der Waals surface area (Å²) in [5.41, 5.74) is 7.43. The predicted molar refractivity (Wildman–Crippen MR) is 98.9 cm³/mol. The Kier molecular flexibility index (Phi) is 4.74. The molecule has 0 aliphatic carbocycles. The Hall–Kier alpha value is -3.55. The van der Waals surface area contributed by atoms with Crippen molar-refractivity contribution in [2.24, 2.45) is 0 Å². The fraction of sp³-hybridized carbons (Fsp3) is 0.167. The number of aromatic nitrogens is 3. The number of nitrogen functional groups attached to an aromatic ring is 1. The fourth-order valence-corrected chi connectivity index (χ4v) is 2.51. The van der Waals surface area contributed by atoms with Crippen LogP contribution in [-0.2, 0) is 6.54 Å². The van der Waals surface area contributed by atoms with Crippen molar-refractivity contribution >= 4 is 17.4 Å². The topological polar surface area (TPSA) is 104 Å². The van der Waals surface area contributed by atoms with Crippen LogP contribution in [0.25, 0.3) is 5.69 Å². The number of amides is 1. The number of anilines is 2. The van der Waals surface area contributed by atoms with E-state index in [9.17, 15) is 9.59 Å². The smallest absolute Gasteiger partial charge is 0.261 e. The molecule has 2 heterocycles. The maximum atomic E-state index is 12.5. The molecule has 26 heavy (non-hydrogen) atoms. The van der Waals surface area contributed by atoms with Crippen molar-refractivity contribution in [2.75, 3.05) is 18.2 Å². The molecule has 8 nitrogen and oxygen atoms in total. The summed E-state index contributed by atoms with van der Waals surface area (Å²) in [6, 6.07) is 10.1. The number of aryl methyl sites for hydroxylation is 1. The highest BCUT2D eigenvalue weighted by atomic mass is 16.5. The lowest BCUT2D eigenvalue weighted by Gasteiger charge is -2.08. The minimum absolute atomic E-state index is 0.127. The molecule has 2 aromatic heterocycles. The van der Waals surface area contributed by atoms with Crippen LogP contribution in [-0.4, -0.2) is 27.4 Å². The van der Waals surface area contributed by atoms with Gasteiger partial charge in [0.1, 0.15) is 17.1 Å². The van der Waals surface area contributed by atoms with Crippen LogP contribution in [0, 0.1) is 0 Å². The molecule has 0 aliphatic heterocycles. The number of benzene rings is 1. The summed E-state index contributed by atoms with van der Waals surface area (Å²) >= 11 is 0. The number of pyridine rings is 1. The van der Waals surface area contributed by atoms with E-state index in [2.05, 4.69) is 10.4 Å². The molecule has 1 amide bonds. The molecule has 0 aliphatic rings. The van der Waals surface area contributed by atoms with Crippen LogP contribution in [0.15, 0.2) is 53.6 Å². The number of nitrogens with zero attached hydrogens (tertiary/aromatic N) is 3. The normalized spacial score (nSPS) is 10.5. The van der Waals surface area contributed by atoms with Gasteiger partial charge >= 0.3 is 0 Å². The monoisotopic (exact) mass is 353 g/mol. The molecule has 0 saturated carbocycles. The minimum Gasteiger partial charge on any atom is -0.497 e. The van der Waals surface area contributed by atoms with Crippen LogP contribution < -0.4 is 21.3 Å². The van der Waals surface area contributed by atoms with Crippen LogP contribution in [0.3, 0.4) is 0 Å². The van der Waals surface area contributed by atoms with E-state index in [0.29, 0.717) is 23.7 Å². The highest BCUT2D eigenvalue weighted by Crippen LogP contribution is 2.20. The van der Waals surface area contributed by atoms with Gasteiger partial charge in [0.25, 0.3) is 11.5 Å². The van der Waals surface area contributed by atoms with E-state index in [1.54, 1.807) is 43.6 Å². The lowest BCUT2D eigenvalue weighted by Crippen LogP contribution is -2.20. The Morgan fingerprint density at radius 2 is 1.96 bits per heavy atom. The number of carbonyl (C=O) groups is 1. The Morgan fingerprint density at radius 1 is 1.23 bits per heavy atom. The zero-order chi connectivity index (χ0) is 18.7. The van der Waals surface area contributed by atoms with E-state index in [-0.39, 0.29) is 16.9 Å². The van der Waals surface area contributed by atoms with Gasteiger partial charge in [-0.2, -0.15) is 5.10 Å². The molecule has 0 unspecified atom stereocenters. The van der Waals surface area contributed by atoms with Crippen LogP contribution in [0.4, 0.5) is 11.5 Å². The third-order valence-corrected chi connectivity index (χ3v) is 3.95. The van der Waals surface area contributed by atoms with Crippen molar-refractivity contribution in [3.63, 3.8) is 0 Å². The molecule has 0 spiro atoms. The first-order valence-corrected chi connectivity index (χ1v) is 8.03. The number of rotatable bonds is 5. The molecule has 0 bridgehead atoms. The van der Waals surface area contributed by atoms with Gasteiger partial charge in [0.15, 0.2) is 0 Å². The molecule has 0 radical (unpaired) electrons. The number of hydrogen-bond acceptors (Lipinski definition) is 5. The summed E-state index contributed by atoms with van der Waals surface area (Å²) in [7, 11) is 1.58. The maximum absolute atomic E-state index is 12.5. The van der Waals surface area contributed by atoms with Crippen LogP contribution in [0.5, 0.6) is 5.75 Å². The lowest BCUT2D eigenvalue weighted by molar-refractivity contribution is 0.102. The average molecular weight is 353 g/mol. The maximum Gasteiger partial charge on any atom is 0.261 e. The summed E-state index contributed by atoms with van der Waals surface area (Å²) in [6.45, 7) is 2.37. The molecule has 3 aromatic rings. The van der Waals surface area contributed by atoms with Crippen LogP contribution in [0.2, 0.25) is 0 Å². The van der Waals surface area contributed by atoms with Crippen molar-refractivity contribution < 1.29 is 9.53 Å². The molecule has 0 atom stereocenters. The highest BCUT2D eigenvalue weighted by Gasteiger charge is 2.16. The van der Waals surface area contributed by atoms with Gasteiger partial charge in [-0.25, -0.2) is 4.68 Å². The zero-order valence-corrected chi connectivity index (χ0v) is 14.5. The average Bonchev–Trinajstić information content (AvgIpc) is 3.05. The first kappa shape index (κ1) is 17.3. The van der Waals surface area contributed by atoms with Gasteiger partial charge in [0, 0.05) is 18.8 Å². The van der Waals surface area contributed by atoms with E-state index in [1.807, 2.05) is 6.92 Å². The zero-order valence-electron chi connectivity index (χ0n) is 14.5. The largest absolute Gasteiger partial charge is 0.497 e. The summed E-state index contributed by atoms with van der Waals surface area (Å²) in [5, 5.41) is 6.92. The quantitative estimate of drug-likeness (QED) is 0.729. The molecule has 0 saturated heterocycles. The van der Waals surface area contributed by atoms with Gasteiger partial charge in [-0.3, -0.25) is 9.59 Å². The van der Waals surface area contributed by atoms with Crippen molar-refractivity contribution in [1.82, 2.24) is 14.3 Å².